The summed E-state index contributed by atoms with van der Waals surface area (Å²) in [5, 5.41) is 2.88. The van der Waals surface area contributed by atoms with Gasteiger partial charge < -0.3 is 10.2 Å². The van der Waals surface area contributed by atoms with E-state index in [-0.39, 0.29) is 17.9 Å². The lowest BCUT2D eigenvalue weighted by molar-refractivity contribution is -0.133. The summed E-state index contributed by atoms with van der Waals surface area (Å²) >= 11 is 0. The topological polar surface area (TPSA) is 52.7 Å². The van der Waals surface area contributed by atoms with Crippen LogP contribution in [-0.4, -0.2) is 60.4 Å². The molecule has 0 bridgehead atoms. The average Bonchev–Trinajstić information content (AvgIpc) is 2.96. The highest BCUT2D eigenvalue weighted by atomic mass is 16.2. The molecular formula is C17H23N3O2. The zero-order valence-electron chi connectivity index (χ0n) is 13.0. The molecule has 3 rings (SSSR count). The highest BCUT2D eigenvalue weighted by Gasteiger charge is 2.32. The van der Waals surface area contributed by atoms with Gasteiger partial charge in [0.2, 0.25) is 11.8 Å². The summed E-state index contributed by atoms with van der Waals surface area (Å²) in [6.45, 7) is 5.83. The molecule has 0 saturated carbocycles. The maximum atomic E-state index is 12.4. The van der Waals surface area contributed by atoms with Crippen LogP contribution >= 0.6 is 0 Å². The fraction of sp³-hybridized carbons (Fsp3) is 0.529. The lowest BCUT2D eigenvalue weighted by atomic mass is 10.1. The summed E-state index contributed by atoms with van der Waals surface area (Å²) in [5.74, 6) is 0.318. The third-order valence-corrected chi connectivity index (χ3v) is 4.60. The molecule has 2 saturated heterocycles. The predicted octanol–water partition coefficient (Wildman–Crippen LogP) is 0.570. The number of hydrogen-bond acceptors (Lipinski definition) is 3. The molecule has 1 atom stereocenters. The van der Waals surface area contributed by atoms with E-state index in [1.807, 2.05) is 36.1 Å². The van der Waals surface area contributed by atoms with Crippen LogP contribution in [0.2, 0.25) is 0 Å². The summed E-state index contributed by atoms with van der Waals surface area (Å²) in [5.41, 5.74) is 2.27. The van der Waals surface area contributed by atoms with Crippen molar-refractivity contribution in [1.29, 1.82) is 0 Å². The summed E-state index contributed by atoms with van der Waals surface area (Å²) < 4.78 is 0. The number of rotatable bonds is 3. The number of nitrogens with zero attached hydrogens (tertiary/aromatic N) is 2. The van der Waals surface area contributed by atoms with Gasteiger partial charge in [-0.3, -0.25) is 14.5 Å². The van der Waals surface area contributed by atoms with Crippen molar-refractivity contribution in [1.82, 2.24) is 15.1 Å². The van der Waals surface area contributed by atoms with Crippen molar-refractivity contribution in [2.24, 2.45) is 0 Å². The smallest absolute Gasteiger partial charge is 0.237 e. The molecule has 2 aliphatic rings. The summed E-state index contributed by atoms with van der Waals surface area (Å²) in [6, 6.07) is 8.13. The fourth-order valence-electron chi connectivity index (χ4n) is 3.20. The molecule has 0 aromatic heterocycles. The maximum Gasteiger partial charge on any atom is 0.237 e. The van der Waals surface area contributed by atoms with Gasteiger partial charge in [-0.25, -0.2) is 0 Å². The molecule has 0 spiro atoms. The number of carbonyl (C=O) groups is 2. The van der Waals surface area contributed by atoms with Gasteiger partial charge in [0.25, 0.3) is 0 Å². The summed E-state index contributed by atoms with van der Waals surface area (Å²) in [4.78, 5) is 28.2. The minimum Gasteiger partial charge on any atom is -0.355 e. The van der Waals surface area contributed by atoms with E-state index in [0.717, 1.165) is 31.6 Å². The van der Waals surface area contributed by atoms with Crippen molar-refractivity contribution in [2.75, 3.05) is 32.7 Å². The molecule has 1 N–H and O–H groups in total. The number of aryl methyl sites for hydroxylation is 1. The Labute approximate surface area is 131 Å². The van der Waals surface area contributed by atoms with Crippen LogP contribution in [0.5, 0.6) is 0 Å². The van der Waals surface area contributed by atoms with Gasteiger partial charge in [-0.1, -0.05) is 29.8 Å². The van der Waals surface area contributed by atoms with Gasteiger partial charge in [0, 0.05) is 32.7 Å². The van der Waals surface area contributed by atoms with E-state index in [2.05, 4.69) is 10.2 Å². The van der Waals surface area contributed by atoms with Crippen LogP contribution in [-0.2, 0) is 16.0 Å². The molecule has 5 nitrogen and oxygen atoms in total. The van der Waals surface area contributed by atoms with Gasteiger partial charge in [-0.15, -0.1) is 0 Å². The van der Waals surface area contributed by atoms with Crippen LogP contribution < -0.4 is 5.32 Å². The van der Waals surface area contributed by atoms with Crippen molar-refractivity contribution in [3.63, 3.8) is 0 Å². The van der Waals surface area contributed by atoms with E-state index in [1.54, 1.807) is 0 Å². The summed E-state index contributed by atoms with van der Waals surface area (Å²) in [7, 11) is 0. The number of benzene rings is 1. The van der Waals surface area contributed by atoms with Crippen molar-refractivity contribution >= 4 is 11.8 Å². The van der Waals surface area contributed by atoms with Gasteiger partial charge >= 0.3 is 0 Å². The quantitative estimate of drug-likeness (QED) is 0.888. The molecule has 22 heavy (non-hydrogen) atoms. The van der Waals surface area contributed by atoms with Crippen LogP contribution in [0.3, 0.4) is 0 Å². The molecular weight excluding hydrogens is 278 g/mol. The lowest BCUT2D eigenvalue weighted by Gasteiger charge is -2.37. The number of hydrogen-bond donors (Lipinski definition) is 1. The molecule has 5 heteroatoms. The summed E-state index contributed by atoms with van der Waals surface area (Å²) in [6.07, 6.45) is 1.35. The van der Waals surface area contributed by atoms with E-state index in [9.17, 15) is 9.59 Å². The molecule has 2 heterocycles. The monoisotopic (exact) mass is 301 g/mol. The molecule has 0 radical (unpaired) electrons. The van der Waals surface area contributed by atoms with E-state index in [0.29, 0.717) is 19.5 Å². The zero-order valence-corrected chi connectivity index (χ0v) is 13.0. The number of amides is 2. The second-order valence-corrected chi connectivity index (χ2v) is 6.17. The molecule has 118 valence electrons. The first-order valence-electron chi connectivity index (χ1n) is 7.98. The zero-order chi connectivity index (χ0) is 15.5. The SMILES string of the molecule is Cc1ccc(CC(=O)N2CCN(C3CCNC3=O)CC2)cc1. The van der Waals surface area contributed by atoms with Gasteiger partial charge in [0.1, 0.15) is 0 Å². The highest BCUT2D eigenvalue weighted by molar-refractivity contribution is 5.84. The molecule has 0 aliphatic carbocycles. The van der Waals surface area contributed by atoms with Crippen molar-refractivity contribution in [2.45, 2.75) is 25.8 Å². The Morgan fingerprint density at radius 1 is 1.18 bits per heavy atom. The molecule has 2 fully saturated rings. The molecule has 2 amide bonds. The van der Waals surface area contributed by atoms with Crippen molar-refractivity contribution in [3.05, 3.63) is 35.4 Å². The Bertz CT molecular complexity index is 548. The van der Waals surface area contributed by atoms with Crippen LogP contribution in [0.4, 0.5) is 0 Å². The third kappa shape index (κ3) is 3.30. The van der Waals surface area contributed by atoms with E-state index < -0.39 is 0 Å². The third-order valence-electron chi connectivity index (χ3n) is 4.60. The average molecular weight is 301 g/mol. The maximum absolute atomic E-state index is 12.4. The van der Waals surface area contributed by atoms with Gasteiger partial charge in [-0.05, 0) is 18.9 Å². The Morgan fingerprint density at radius 3 is 2.45 bits per heavy atom. The second-order valence-electron chi connectivity index (χ2n) is 6.17. The van der Waals surface area contributed by atoms with Crippen molar-refractivity contribution in [3.8, 4) is 0 Å². The molecule has 1 unspecified atom stereocenters. The highest BCUT2D eigenvalue weighted by Crippen LogP contribution is 2.14. The van der Waals surface area contributed by atoms with Gasteiger partial charge in [-0.2, -0.15) is 0 Å². The first kappa shape index (κ1) is 15.0. The van der Waals surface area contributed by atoms with Crippen molar-refractivity contribution < 1.29 is 9.59 Å². The Balaban J connectivity index is 1.51. The van der Waals surface area contributed by atoms with Gasteiger partial charge in [0.15, 0.2) is 0 Å². The fourth-order valence-corrected chi connectivity index (χ4v) is 3.20. The van der Waals surface area contributed by atoms with E-state index in [4.69, 9.17) is 0 Å². The van der Waals surface area contributed by atoms with Crippen LogP contribution in [0, 0.1) is 6.92 Å². The minimum absolute atomic E-state index is 0.00866. The normalized spacial score (nSPS) is 22.7. The Morgan fingerprint density at radius 2 is 1.86 bits per heavy atom. The van der Waals surface area contributed by atoms with E-state index >= 15 is 0 Å². The van der Waals surface area contributed by atoms with Gasteiger partial charge in [0.05, 0.1) is 12.5 Å². The molecule has 1 aromatic rings. The molecule has 1 aromatic carbocycles. The lowest BCUT2D eigenvalue weighted by Crippen LogP contribution is -2.53. The minimum atomic E-state index is 0.00866. The first-order chi connectivity index (χ1) is 10.6. The standard InChI is InChI=1S/C17H23N3O2/c1-13-2-4-14(5-3-13)12-16(21)20-10-8-19(9-11-20)15-6-7-18-17(15)22/h2-5,15H,6-12H2,1H3,(H,18,22). The predicted molar refractivity (Wildman–Crippen MR) is 84.5 cm³/mol. The Kier molecular flexibility index (Phi) is 4.43. The van der Waals surface area contributed by atoms with E-state index in [1.165, 1.54) is 5.56 Å². The largest absolute Gasteiger partial charge is 0.355 e. The number of nitrogens with one attached hydrogen (secondary N) is 1. The van der Waals surface area contributed by atoms with Crippen LogP contribution in [0.1, 0.15) is 17.5 Å². The molecule has 2 aliphatic heterocycles. The second kappa shape index (κ2) is 6.48. The Hall–Kier alpha value is -1.88. The van der Waals surface area contributed by atoms with Crippen LogP contribution in [0.25, 0.3) is 0 Å². The number of piperazine rings is 1. The van der Waals surface area contributed by atoms with Crippen LogP contribution in [0.15, 0.2) is 24.3 Å². The first-order valence-corrected chi connectivity index (χ1v) is 7.98. The number of carbonyl (C=O) groups excluding carboxylic acids is 2.